The van der Waals surface area contributed by atoms with Crippen LogP contribution in [0.3, 0.4) is 0 Å². The average molecular weight is 287 g/mol. The Kier molecular flexibility index (Phi) is 2.48. The highest BCUT2D eigenvalue weighted by Crippen LogP contribution is 2.28. The number of fused-ring (bicyclic) bond motifs is 1. The molecule has 3 heteroatoms. The van der Waals surface area contributed by atoms with Crippen molar-refractivity contribution < 1.29 is 0 Å². The Hall–Kier alpha value is -1.61. The van der Waals surface area contributed by atoms with Crippen LogP contribution in [-0.2, 0) is 7.05 Å². The predicted octanol–water partition coefficient (Wildman–Crippen LogP) is 4.00. The maximum Gasteiger partial charge on any atom is 0.100 e. The lowest BCUT2D eigenvalue weighted by Crippen LogP contribution is -1.89. The van der Waals surface area contributed by atoms with Crippen molar-refractivity contribution in [3.8, 4) is 11.3 Å². The van der Waals surface area contributed by atoms with Gasteiger partial charge in [0.25, 0.3) is 0 Å². The lowest BCUT2D eigenvalue weighted by Gasteiger charge is -1.97. The Balaban J connectivity index is 2.27. The van der Waals surface area contributed by atoms with Crippen LogP contribution >= 0.6 is 15.9 Å². The maximum atomic E-state index is 4.59. The van der Waals surface area contributed by atoms with Crippen LogP contribution < -0.4 is 0 Å². The molecule has 17 heavy (non-hydrogen) atoms. The summed E-state index contributed by atoms with van der Waals surface area (Å²) in [6.07, 6.45) is 0. The molecule has 0 spiro atoms. The highest BCUT2D eigenvalue weighted by atomic mass is 79.9. The summed E-state index contributed by atoms with van der Waals surface area (Å²) in [4.78, 5) is 0. The molecule has 2 nitrogen and oxygen atoms in total. The van der Waals surface area contributed by atoms with Crippen LogP contribution in [0, 0.1) is 0 Å². The first-order chi connectivity index (χ1) is 8.25. The first-order valence-electron chi connectivity index (χ1n) is 5.43. The monoisotopic (exact) mass is 286 g/mol. The number of aromatic nitrogens is 2. The van der Waals surface area contributed by atoms with Gasteiger partial charge in [-0.3, -0.25) is 4.68 Å². The lowest BCUT2D eigenvalue weighted by atomic mass is 10.1. The Morgan fingerprint density at radius 1 is 1.00 bits per heavy atom. The van der Waals surface area contributed by atoms with Gasteiger partial charge in [0.2, 0.25) is 0 Å². The van der Waals surface area contributed by atoms with Gasteiger partial charge in [-0.1, -0.05) is 46.3 Å². The van der Waals surface area contributed by atoms with Gasteiger partial charge in [0.15, 0.2) is 0 Å². The molecule has 0 atom stereocenters. The first kappa shape index (κ1) is 10.5. The zero-order valence-corrected chi connectivity index (χ0v) is 11.0. The van der Waals surface area contributed by atoms with E-state index in [1.807, 2.05) is 36.0 Å². The largest absolute Gasteiger partial charge is 0.267 e. The molecule has 0 saturated carbocycles. The molecule has 1 aromatic heterocycles. The lowest BCUT2D eigenvalue weighted by molar-refractivity contribution is 0.800. The van der Waals surface area contributed by atoms with Gasteiger partial charge in [0.1, 0.15) is 5.69 Å². The quantitative estimate of drug-likeness (QED) is 0.661. The Labute approximate surface area is 108 Å². The molecular formula is C14H11BrN2. The minimum absolute atomic E-state index is 1.04. The summed E-state index contributed by atoms with van der Waals surface area (Å²) in [6, 6.07) is 16.5. The molecule has 0 radical (unpaired) electrons. The van der Waals surface area contributed by atoms with Crippen molar-refractivity contribution >= 4 is 26.8 Å². The summed E-state index contributed by atoms with van der Waals surface area (Å²) in [5.74, 6) is 0. The van der Waals surface area contributed by atoms with Crippen molar-refractivity contribution in [3.63, 3.8) is 0 Å². The summed E-state index contributed by atoms with van der Waals surface area (Å²) in [5.41, 5.74) is 3.34. The van der Waals surface area contributed by atoms with Crippen molar-refractivity contribution in [1.82, 2.24) is 9.78 Å². The van der Waals surface area contributed by atoms with Gasteiger partial charge >= 0.3 is 0 Å². The summed E-state index contributed by atoms with van der Waals surface area (Å²) in [7, 11) is 1.98. The number of benzene rings is 2. The fraction of sp³-hybridized carbons (Fsp3) is 0.0714. The highest BCUT2D eigenvalue weighted by molar-refractivity contribution is 9.10. The SMILES string of the molecule is Cn1nc(-c2ccc(Br)cc2)c2ccccc21. The van der Waals surface area contributed by atoms with Crippen LogP contribution in [0.25, 0.3) is 22.2 Å². The molecular weight excluding hydrogens is 276 g/mol. The third kappa shape index (κ3) is 1.76. The van der Waals surface area contributed by atoms with E-state index >= 15 is 0 Å². The molecule has 0 saturated heterocycles. The van der Waals surface area contributed by atoms with Gasteiger partial charge in [-0.15, -0.1) is 0 Å². The molecule has 0 fully saturated rings. The molecule has 84 valence electrons. The maximum absolute atomic E-state index is 4.59. The second-order valence-corrected chi connectivity index (χ2v) is 4.91. The van der Waals surface area contributed by atoms with Crippen LogP contribution in [0.5, 0.6) is 0 Å². The zero-order chi connectivity index (χ0) is 11.8. The van der Waals surface area contributed by atoms with Gasteiger partial charge in [0.05, 0.1) is 5.52 Å². The molecule has 0 amide bonds. The van der Waals surface area contributed by atoms with E-state index in [2.05, 4.69) is 45.3 Å². The summed E-state index contributed by atoms with van der Waals surface area (Å²) in [6.45, 7) is 0. The predicted molar refractivity (Wildman–Crippen MR) is 73.9 cm³/mol. The fourth-order valence-corrected chi connectivity index (χ4v) is 2.30. The second-order valence-electron chi connectivity index (χ2n) is 4.00. The molecule has 0 bridgehead atoms. The minimum Gasteiger partial charge on any atom is -0.267 e. The fourth-order valence-electron chi connectivity index (χ4n) is 2.03. The van der Waals surface area contributed by atoms with Gasteiger partial charge in [-0.05, 0) is 18.2 Å². The number of hydrogen-bond donors (Lipinski definition) is 0. The third-order valence-electron chi connectivity index (χ3n) is 2.88. The van der Waals surface area contributed by atoms with E-state index in [-0.39, 0.29) is 0 Å². The number of hydrogen-bond acceptors (Lipinski definition) is 1. The van der Waals surface area contributed by atoms with E-state index < -0.39 is 0 Å². The van der Waals surface area contributed by atoms with E-state index in [4.69, 9.17) is 0 Å². The number of halogens is 1. The van der Waals surface area contributed by atoms with Crippen LogP contribution in [-0.4, -0.2) is 9.78 Å². The van der Waals surface area contributed by atoms with E-state index in [0.29, 0.717) is 0 Å². The number of nitrogens with zero attached hydrogens (tertiary/aromatic N) is 2. The first-order valence-corrected chi connectivity index (χ1v) is 6.23. The van der Waals surface area contributed by atoms with E-state index in [1.165, 1.54) is 5.39 Å². The van der Waals surface area contributed by atoms with Crippen LogP contribution in [0.4, 0.5) is 0 Å². The normalized spacial score (nSPS) is 10.9. The molecule has 0 aliphatic rings. The second kappa shape index (κ2) is 4.00. The summed E-state index contributed by atoms with van der Waals surface area (Å²) >= 11 is 3.45. The molecule has 0 aliphatic carbocycles. The van der Waals surface area contributed by atoms with Crippen molar-refractivity contribution in [1.29, 1.82) is 0 Å². The van der Waals surface area contributed by atoms with Gasteiger partial charge in [-0.2, -0.15) is 5.10 Å². The molecule has 3 rings (SSSR count). The number of rotatable bonds is 1. The summed E-state index contributed by atoms with van der Waals surface area (Å²) in [5, 5.41) is 5.78. The Morgan fingerprint density at radius 3 is 2.47 bits per heavy atom. The van der Waals surface area contributed by atoms with Crippen LogP contribution in [0.2, 0.25) is 0 Å². The Morgan fingerprint density at radius 2 is 1.71 bits per heavy atom. The molecule has 0 aliphatic heterocycles. The van der Waals surface area contributed by atoms with Crippen molar-refractivity contribution in [2.24, 2.45) is 7.05 Å². The molecule has 0 unspecified atom stereocenters. The standard InChI is InChI=1S/C14H11BrN2/c1-17-13-5-3-2-4-12(13)14(16-17)10-6-8-11(15)9-7-10/h2-9H,1H3. The van der Waals surface area contributed by atoms with Gasteiger partial charge in [-0.25, -0.2) is 0 Å². The Bertz CT molecular complexity index is 668. The minimum atomic E-state index is 1.04. The van der Waals surface area contributed by atoms with Gasteiger partial charge in [0, 0.05) is 22.5 Å². The molecule has 3 aromatic rings. The van der Waals surface area contributed by atoms with Gasteiger partial charge < -0.3 is 0 Å². The number of aryl methyl sites for hydroxylation is 1. The van der Waals surface area contributed by atoms with Crippen LogP contribution in [0.15, 0.2) is 53.0 Å². The average Bonchev–Trinajstić information content (AvgIpc) is 2.69. The van der Waals surface area contributed by atoms with Crippen molar-refractivity contribution in [2.75, 3.05) is 0 Å². The van der Waals surface area contributed by atoms with E-state index in [9.17, 15) is 0 Å². The van der Waals surface area contributed by atoms with Crippen molar-refractivity contribution in [3.05, 3.63) is 53.0 Å². The number of para-hydroxylation sites is 1. The summed E-state index contributed by atoms with van der Waals surface area (Å²) < 4.78 is 3.01. The third-order valence-corrected chi connectivity index (χ3v) is 3.40. The molecule has 2 aromatic carbocycles. The highest BCUT2D eigenvalue weighted by Gasteiger charge is 2.09. The smallest absolute Gasteiger partial charge is 0.100 e. The topological polar surface area (TPSA) is 17.8 Å². The van der Waals surface area contributed by atoms with E-state index in [0.717, 1.165) is 21.2 Å². The van der Waals surface area contributed by atoms with Crippen molar-refractivity contribution in [2.45, 2.75) is 0 Å². The van der Waals surface area contributed by atoms with E-state index in [1.54, 1.807) is 0 Å². The zero-order valence-electron chi connectivity index (χ0n) is 9.39. The molecule has 0 N–H and O–H groups in total. The van der Waals surface area contributed by atoms with Crippen LogP contribution in [0.1, 0.15) is 0 Å². The molecule has 1 heterocycles.